The predicted octanol–water partition coefficient (Wildman–Crippen LogP) is 3.12. The zero-order chi connectivity index (χ0) is 22.9. The average Bonchev–Trinajstić information content (AvgIpc) is 3.47. The van der Waals surface area contributed by atoms with Crippen LogP contribution in [0, 0.1) is 0 Å². The third-order valence-corrected chi connectivity index (χ3v) is 5.81. The molecule has 0 bridgehead atoms. The van der Waals surface area contributed by atoms with Crippen LogP contribution in [0.15, 0.2) is 53.2 Å². The molecule has 5 rings (SSSR count). The van der Waals surface area contributed by atoms with Gasteiger partial charge in [0.2, 0.25) is 11.5 Å². The first-order chi connectivity index (χ1) is 16.0. The van der Waals surface area contributed by atoms with Crippen LogP contribution in [-0.2, 0) is 9.53 Å². The van der Waals surface area contributed by atoms with Crippen LogP contribution < -0.4 is 5.32 Å². The molecule has 1 saturated carbocycles. The molecule has 0 unspecified atom stereocenters. The van der Waals surface area contributed by atoms with Gasteiger partial charge in [-0.25, -0.2) is 9.42 Å². The monoisotopic (exact) mass is 448 g/mol. The summed E-state index contributed by atoms with van der Waals surface area (Å²) in [5.74, 6) is -2.15. The molecule has 10 nitrogen and oxygen atoms in total. The van der Waals surface area contributed by atoms with Crippen LogP contribution in [0.25, 0.3) is 11.1 Å². The van der Waals surface area contributed by atoms with Gasteiger partial charge in [-0.3, -0.25) is 14.9 Å². The van der Waals surface area contributed by atoms with Crippen molar-refractivity contribution in [1.29, 1.82) is 0 Å². The molecule has 0 atom stereocenters. The second-order valence-electron chi connectivity index (χ2n) is 7.97. The minimum absolute atomic E-state index is 0.0850. The van der Waals surface area contributed by atoms with Gasteiger partial charge in [-0.2, -0.15) is 0 Å². The number of nitrogens with zero attached hydrogens (tertiary/aromatic N) is 3. The number of amides is 2. The number of anilines is 1. The highest BCUT2D eigenvalue weighted by Gasteiger charge is 2.37. The minimum Gasteiger partial charge on any atom is -0.480 e. The topological polar surface area (TPSA) is 135 Å². The first-order valence-electron chi connectivity index (χ1n) is 10.5. The fourth-order valence-corrected chi connectivity index (χ4v) is 4.18. The van der Waals surface area contributed by atoms with E-state index >= 15 is 0 Å². The molecule has 1 fully saturated rings. The maximum Gasteiger partial charge on any atom is 0.412 e. The molecule has 168 valence electrons. The standard InChI is InChI=1S/C23H20N4O6/c28-19(29)11-27(13-9-10-13)22(30)20-21(26-33-25-20)24-23(31)32-12-18-16-7-3-1-5-14(16)15-6-2-4-8-17(15)18/h1-8,13,18H,9-12H2,(H,28,29)(H,24,26,31). The van der Waals surface area contributed by atoms with Crippen molar-refractivity contribution in [2.75, 3.05) is 18.5 Å². The number of nitrogens with one attached hydrogen (secondary N) is 1. The highest BCUT2D eigenvalue weighted by molar-refractivity contribution is 6.00. The van der Waals surface area contributed by atoms with E-state index < -0.39 is 24.5 Å². The second-order valence-corrected chi connectivity index (χ2v) is 7.97. The molecule has 0 saturated heterocycles. The number of ether oxygens (including phenoxy) is 1. The number of fused-ring (bicyclic) bond motifs is 3. The molecule has 2 aliphatic rings. The van der Waals surface area contributed by atoms with Crippen LogP contribution in [0.4, 0.5) is 10.6 Å². The Balaban J connectivity index is 1.27. The van der Waals surface area contributed by atoms with Gasteiger partial charge in [0.1, 0.15) is 13.2 Å². The summed E-state index contributed by atoms with van der Waals surface area (Å²) in [6, 6.07) is 15.7. The number of hydrogen-bond donors (Lipinski definition) is 2. The molecule has 2 N–H and O–H groups in total. The number of hydrogen-bond acceptors (Lipinski definition) is 7. The third-order valence-electron chi connectivity index (χ3n) is 5.81. The Bertz CT molecular complexity index is 1190. The Morgan fingerprint density at radius 3 is 2.27 bits per heavy atom. The summed E-state index contributed by atoms with van der Waals surface area (Å²) in [4.78, 5) is 37.6. The molecule has 2 amide bonds. The quantitative estimate of drug-likeness (QED) is 0.563. The number of aliphatic carboxylic acids is 1. The molecule has 0 aliphatic heterocycles. The van der Waals surface area contributed by atoms with Crippen LogP contribution in [-0.4, -0.2) is 57.5 Å². The minimum atomic E-state index is -1.14. The smallest absolute Gasteiger partial charge is 0.412 e. The predicted molar refractivity (Wildman–Crippen MR) is 115 cm³/mol. The van der Waals surface area contributed by atoms with Gasteiger partial charge >= 0.3 is 12.1 Å². The maximum absolute atomic E-state index is 12.8. The van der Waals surface area contributed by atoms with Crippen molar-refractivity contribution in [3.63, 3.8) is 0 Å². The van der Waals surface area contributed by atoms with Crippen molar-refractivity contribution in [2.24, 2.45) is 0 Å². The van der Waals surface area contributed by atoms with Crippen LogP contribution in [0.3, 0.4) is 0 Å². The van der Waals surface area contributed by atoms with Crippen molar-refractivity contribution in [3.8, 4) is 11.1 Å². The molecule has 1 aromatic heterocycles. The van der Waals surface area contributed by atoms with E-state index in [2.05, 4.69) is 20.3 Å². The molecule has 0 spiro atoms. The number of aromatic nitrogens is 2. The van der Waals surface area contributed by atoms with Gasteiger partial charge in [0.15, 0.2) is 0 Å². The lowest BCUT2D eigenvalue weighted by Gasteiger charge is -2.18. The number of carboxylic acids is 1. The van der Waals surface area contributed by atoms with Gasteiger partial charge in [-0.1, -0.05) is 48.5 Å². The summed E-state index contributed by atoms with van der Waals surface area (Å²) in [5.41, 5.74) is 4.08. The van der Waals surface area contributed by atoms with E-state index in [1.807, 2.05) is 48.5 Å². The number of rotatable bonds is 7. The largest absolute Gasteiger partial charge is 0.480 e. The summed E-state index contributed by atoms with van der Waals surface area (Å²) >= 11 is 0. The Morgan fingerprint density at radius 1 is 1.03 bits per heavy atom. The first-order valence-corrected chi connectivity index (χ1v) is 10.5. The zero-order valence-corrected chi connectivity index (χ0v) is 17.4. The molecular formula is C23H20N4O6. The number of carbonyl (C=O) groups excluding carboxylic acids is 2. The van der Waals surface area contributed by atoms with Gasteiger partial charge in [-0.05, 0) is 45.4 Å². The van der Waals surface area contributed by atoms with Gasteiger partial charge in [0.05, 0.1) is 0 Å². The summed E-state index contributed by atoms with van der Waals surface area (Å²) in [7, 11) is 0. The molecule has 3 aromatic rings. The highest BCUT2D eigenvalue weighted by atomic mass is 16.6. The summed E-state index contributed by atoms with van der Waals surface area (Å²) in [6.45, 7) is -0.387. The van der Waals surface area contributed by atoms with Crippen molar-refractivity contribution in [2.45, 2.75) is 24.8 Å². The van der Waals surface area contributed by atoms with E-state index in [1.54, 1.807) is 0 Å². The SMILES string of the molecule is O=C(O)CN(C(=O)c1nonc1NC(=O)OCC1c2ccccc2-c2ccccc21)C1CC1. The van der Waals surface area contributed by atoms with Gasteiger partial charge < -0.3 is 14.7 Å². The van der Waals surface area contributed by atoms with Crippen LogP contribution in [0.2, 0.25) is 0 Å². The second kappa shape index (κ2) is 8.38. The molecule has 2 aromatic carbocycles. The van der Waals surface area contributed by atoms with Crippen molar-refractivity contribution in [1.82, 2.24) is 15.2 Å². The van der Waals surface area contributed by atoms with Crippen LogP contribution >= 0.6 is 0 Å². The maximum atomic E-state index is 12.8. The average molecular weight is 448 g/mol. The van der Waals surface area contributed by atoms with Crippen molar-refractivity contribution in [3.05, 3.63) is 65.4 Å². The van der Waals surface area contributed by atoms with E-state index in [0.29, 0.717) is 12.8 Å². The molecular weight excluding hydrogens is 428 g/mol. The Labute approximate surface area is 188 Å². The Hall–Kier alpha value is -4.21. The summed E-state index contributed by atoms with van der Waals surface area (Å²) < 4.78 is 10.1. The lowest BCUT2D eigenvalue weighted by molar-refractivity contribution is -0.137. The lowest BCUT2D eigenvalue weighted by Crippen LogP contribution is -2.38. The van der Waals surface area contributed by atoms with E-state index in [0.717, 1.165) is 22.3 Å². The number of carboxylic acid groups (broad SMARTS) is 1. The molecule has 0 radical (unpaired) electrons. The van der Waals surface area contributed by atoms with Crippen molar-refractivity contribution >= 4 is 23.8 Å². The van der Waals surface area contributed by atoms with E-state index in [1.165, 1.54) is 4.90 Å². The fourth-order valence-electron chi connectivity index (χ4n) is 4.18. The van der Waals surface area contributed by atoms with Gasteiger partial charge in [-0.15, -0.1) is 0 Å². The molecule has 2 aliphatic carbocycles. The fraction of sp³-hybridized carbons (Fsp3) is 0.261. The van der Waals surface area contributed by atoms with E-state index in [9.17, 15) is 14.4 Å². The van der Waals surface area contributed by atoms with Gasteiger partial charge in [0, 0.05) is 12.0 Å². The normalized spacial score (nSPS) is 14.3. The van der Waals surface area contributed by atoms with E-state index in [-0.39, 0.29) is 30.1 Å². The Kier molecular flexibility index (Phi) is 5.25. The molecule has 10 heteroatoms. The van der Waals surface area contributed by atoms with Crippen LogP contribution in [0.1, 0.15) is 40.4 Å². The lowest BCUT2D eigenvalue weighted by atomic mass is 9.98. The summed E-state index contributed by atoms with van der Waals surface area (Å²) in [5, 5.41) is 18.6. The van der Waals surface area contributed by atoms with E-state index in [4.69, 9.17) is 9.84 Å². The highest BCUT2D eigenvalue weighted by Crippen LogP contribution is 2.44. The van der Waals surface area contributed by atoms with Crippen LogP contribution in [0.5, 0.6) is 0 Å². The third kappa shape index (κ3) is 4.02. The molecule has 1 heterocycles. The first kappa shape index (κ1) is 20.7. The zero-order valence-electron chi connectivity index (χ0n) is 17.4. The van der Waals surface area contributed by atoms with Gasteiger partial charge in [0.25, 0.3) is 5.91 Å². The van der Waals surface area contributed by atoms with Crippen molar-refractivity contribution < 1.29 is 28.9 Å². The molecule has 33 heavy (non-hydrogen) atoms. The Morgan fingerprint density at radius 2 is 1.67 bits per heavy atom. The number of benzene rings is 2. The summed E-state index contributed by atoms with van der Waals surface area (Å²) in [6.07, 6.45) is 0.594. The number of carbonyl (C=O) groups is 3.